The Morgan fingerprint density at radius 2 is 2.40 bits per heavy atom. The minimum atomic E-state index is -0.107. The minimum absolute atomic E-state index is 0.107. The van der Waals surface area contributed by atoms with Crippen molar-refractivity contribution in [3.8, 4) is 0 Å². The van der Waals surface area contributed by atoms with Gasteiger partial charge in [0.05, 0.1) is 6.04 Å². The van der Waals surface area contributed by atoms with E-state index in [1.807, 2.05) is 13.0 Å². The second kappa shape index (κ2) is 5.72. The Morgan fingerprint density at radius 1 is 1.67 bits per heavy atom. The van der Waals surface area contributed by atoms with Gasteiger partial charge < -0.3 is 16.3 Å². The Hall–Kier alpha value is -1.07. The van der Waals surface area contributed by atoms with E-state index in [0.29, 0.717) is 6.04 Å². The van der Waals surface area contributed by atoms with Gasteiger partial charge in [0.15, 0.2) is 5.84 Å². The van der Waals surface area contributed by atoms with E-state index in [1.165, 1.54) is 4.88 Å². The molecule has 0 saturated carbocycles. The molecule has 15 heavy (non-hydrogen) atoms. The van der Waals surface area contributed by atoms with Crippen molar-refractivity contribution in [3.05, 3.63) is 22.4 Å². The molecule has 0 aliphatic carbocycles. The molecule has 5 heteroatoms. The van der Waals surface area contributed by atoms with E-state index in [0.717, 1.165) is 6.42 Å². The third-order valence-corrected chi connectivity index (χ3v) is 3.08. The van der Waals surface area contributed by atoms with Crippen LogP contribution in [0.25, 0.3) is 0 Å². The highest BCUT2D eigenvalue weighted by Crippen LogP contribution is 2.11. The van der Waals surface area contributed by atoms with Gasteiger partial charge in [-0.2, -0.15) is 0 Å². The molecule has 0 aliphatic heterocycles. The van der Waals surface area contributed by atoms with Gasteiger partial charge in [-0.3, -0.25) is 0 Å². The molecule has 1 aromatic heterocycles. The highest BCUT2D eigenvalue weighted by atomic mass is 32.1. The lowest BCUT2D eigenvalue weighted by atomic mass is 10.2. The fourth-order valence-electron chi connectivity index (χ4n) is 1.39. The summed E-state index contributed by atoms with van der Waals surface area (Å²) in [5.74, 6) is 0.216. The Bertz CT molecular complexity index is 310. The van der Waals surface area contributed by atoms with E-state index in [-0.39, 0.29) is 11.9 Å². The van der Waals surface area contributed by atoms with Crippen LogP contribution in [0.15, 0.2) is 22.7 Å². The summed E-state index contributed by atoms with van der Waals surface area (Å²) in [7, 11) is 0. The van der Waals surface area contributed by atoms with Crippen molar-refractivity contribution in [1.82, 2.24) is 5.32 Å². The minimum Gasteiger partial charge on any atom is -0.409 e. The third-order valence-electron chi connectivity index (χ3n) is 2.18. The zero-order valence-corrected chi connectivity index (χ0v) is 9.79. The molecule has 4 nitrogen and oxygen atoms in total. The molecule has 0 bridgehead atoms. The van der Waals surface area contributed by atoms with Gasteiger partial charge in [0.1, 0.15) is 0 Å². The summed E-state index contributed by atoms with van der Waals surface area (Å²) in [4.78, 5) is 1.33. The molecule has 0 fully saturated rings. The molecule has 0 radical (unpaired) electrons. The maximum Gasteiger partial charge on any atom is 0.156 e. The number of amidine groups is 1. The summed E-state index contributed by atoms with van der Waals surface area (Å²) in [6.07, 6.45) is 0.959. The molecule has 84 valence electrons. The van der Waals surface area contributed by atoms with Crippen molar-refractivity contribution < 1.29 is 5.21 Å². The molecular weight excluding hydrogens is 210 g/mol. The molecule has 0 spiro atoms. The Balaban J connectivity index is 2.39. The first-order chi connectivity index (χ1) is 7.13. The zero-order chi connectivity index (χ0) is 11.3. The number of rotatable bonds is 5. The molecule has 0 aromatic carbocycles. The average molecular weight is 227 g/mol. The molecule has 2 atom stereocenters. The molecule has 1 rings (SSSR count). The van der Waals surface area contributed by atoms with E-state index in [1.54, 1.807) is 11.3 Å². The van der Waals surface area contributed by atoms with Gasteiger partial charge in [-0.25, -0.2) is 0 Å². The quantitative estimate of drug-likeness (QED) is 0.308. The highest BCUT2D eigenvalue weighted by molar-refractivity contribution is 7.09. The number of nitrogens with two attached hydrogens (primary N) is 1. The molecule has 2 unspecified atom stereocenters. The van der Waals surface area contributed by atoms with Gasteiger partial charge in [0, 0.05) is 10.9 Å². The number of oxime groups is 1. The molecule has 4 N–H and O–H groups in total. The van der Waals surface area contributed by atoms with Crippen LogP contribution in [-0.2, 0) is 6.42 Å². The largest absolute Gasteiger partial charge is 0.409 e. The summed E-state index contributed by atoms with van der Waals surface area (Å²) in [6.45, 7) is 3.96. The second-order valence-electron chi connectivity index (χ2n) is 3.60. The third kappa shape index (κ3) is 3.89. The van der Waals surface area contributed by atoms with E-state index >= 15 is 0 Å². The normalized spacial score (nSPS) is 16.3. The maximum atomic E-state index is 8.50. The molecular formula is C10H17N3OS. The van der Waals surface area contributed by atoms with Crippen molar-refractivity contribution in [2.45, 2.75) is 32.4 Å². The van der Waals surface area contributed by atoms with Crippen LogP contribution in [0.3, 0.4) is 0 Å². The summed E-state index contributed by atoms with van der Waals surface area (Å²) < 4.78 is 0. The van der Waals surface area contributed by atoms with E-state index in [9.17, 15) is 0 Å². The van der Waals surface area contributed by atoms with E-state index in [2.05, 4.69) is 28.8 Å². The fourth-order valence-corrected chi connectivity index (χ4v) is 2.22. The van der Waals surface area contributed by atoms with Crippen molar-refractivity contribution in [2.75, 3.05) is 0 Å². The summed E-state index contributed by atoms with van der Waals surface area (Å²) in [6, 6.07) is 4.35. The van der Waals surface area contributed by atoms with Gasteiger partial charge in [0.2, 0.25) is 0 Å². The molecule has 0 amide bonds. The molecule has 0 aliphatic rings. The van der Waals surface area contributed by atoms with Crippen LogP contribution >= 0.6 is 11.3 Å². The number of hydrogen-bond donors (Lipinski definition) is 3. The molecule has 1 heterocycles. The Labute approximate surface area is 93.8 Å². The average Bonchev–Trinajstić information content (AvgIpc) is 2.68. The summed E-state index contributed by atoms with van der Waals surface area (Å²) >= 11 is 1.74. The second-order valence-corrected chi connectivity index (χ2v) is 4.63. The predicted molar refractivity (Wildman–Crippen MR) is 63.5 cm³/mol. The topological polar surface area (TPSA) is 70.6 Å². The highest BCUT2D eigenvalue weighted by Gasteiger charge is 2.11. The zero-order valence-electron chi connectivity index (χ0n) is 8.97. The van der Waals surface area contributed by atoms with E-state index < -0.39 is 0 Å². The van der Waals surface area contributed by atoms with Crippen LogP contribution in [0.1, 0.15) is 18.7 Å². The maximum absolute atomic E-state index is 8.50. The van der Waals surface area contributed by atoms with Crippen molar-refractivity contribution in [1.29, 1.82) is 0 Å². The van der Waals surface area contributed by atoms with Gasteiger partial charge in [0.25, 0.3) is 0 Å². The van der Waals surface area contributed by atoms with Crippen LogP contribution < -0.4 is 11.1 Å². The van der Waals surface area contributed by atoms with Crippen molar-refractivity contribution in [2.24, 2.45) is 10.9 Å². The number of hydrogen-bond acceptors (Lipinski definition) is 4. The van der Waals surface area contributed by atoms with Crippen LogP contribution in [-0.4, -0.2) is 23.1 Å². The van der Waals surface area contributed by atoms with Gasteiger partial charge in [-0.1, -0.05) is 11.2 Å². The van der Waals surface area contributed by atoms with Gasteiger partial charge in [-0.15, -0.1) is 11.3 Å². The Kier molecular flexibility index (Phi) is 4.58. The van der Waals surface area contributed by atoms with Crippen molar-refractivity contribution >= 4 is 17.2 Å². The summed E-state index contributed by atoms with van der Waals surface area (Å²) in [5, 5.41) is 16.8. The molecule has 0 saturated heterocycles. The lowest BCUT2D eigenvalue weighted by Crippen LogP contribution is -2.44. The standard InChI is InChI=1S/C10H17N3OS/c1-7(6-9-4-3-5-15-9)12-8(2)10(11)13-14/h3-5,7-8,12,14H,6H2,1-2H3,(H2,11,13). The molecule has 1 aromatic rings. The number of thiophene rings is 1. The van der Waals surface area contributed by atoms with Crippen LogP contribution in [0.4, 0.5) is 0 Å². The Morgan fingerprint density at radius 3 is 2.93 bits per heavy atom. The van der Waals surface area contributed by atoms with Crippen LogP contribution in [0.2, 0.25) is 0 Å². The fraction of sp³-hybridized carbons (Fsp3) is 0.500. The lowest BCUT2D eigenvalue weighted by Gasteiger charge is -2.18. The van der Waals surface area contributed by atoms with Crippen LogP contribution in [0.5, 0.6) is 0 Å². The SMILES string of the molecule is CC(Cc1cccs1)NC(C)C(N)=NO. The van der Waals surface area contributed by atoms with Gasteiger partial charge >= 0.3 is 0 Å². The summed E-state index contributed by atoms with van der Waals surface area (Å²) in [5.41, 5.74) is 5.48. The van der Waals surface area contributed by atoms with Gasteiger partial charge in [-0.05, 0) is 31.7 Å². The lowest BCUT2D eigenvalue weighted by molar-refractivity contribution is 0.314. The van der Waals surface area contributed by atoms with E-state index in [4.69, 9.17) is 10.9 Å². The number of nitrogens with one attached hydrogen (secondary N) is 1. The monoisotopic (exact) mass is 227 g/mol. The first-order valence-corrected chi connectivity index (χ1v) is 5.77. The smallest absolute Gasteiger partial charge is 0.156 e. The van der Waals surface area contributed by atoms with Crippen molar-refractivity contribution in [3.63, 3.8) is 0 Å². The first kappa shape index (κ1) is 12.0. The van der Waals surface area contributed by atoms with Crippen LogP contribution in [0, 0.1) is 0 Å². The predicted octanol–water partition coefficient (Wildman–Crippen LogP) is 1.40. The first-order valence-electron chi connectivity index (χ1n) is 4.89. The number of nitrogens with zero attached hydrogens (tertiary/aromatic N) is 1.